The van der Waals surface area contributed by atoms with E-state index in [4.69, 9.17) is 4.74 Å². The zero-order valence-corrected chi connectivity index (χ0v) is 13.3. The Morgan fingerprint density at radius 3 is 2.44 bits per heavy atom. The van der Waals surface area contributed by atoms with Gasteiger partial charge in [0.2, 0.25) is 5.75 Å². The van der Waals surface area contributed by atoms with Gasteiger partial charge in [0.1, 0.15) is 0 Å². The molecule has 0 aliphatic heterocycles. The monoisotopic (exact) mass is 345 g/mol. The highest BCUT2D eigenvalue weighted by atomic mass is 16.6. The Morgan fingerprint density at radius 1 is 1.12 bits per heavy atom. The highest BCUT2D eigenvalue weighted by molar-refractivity contribution is 6.10. The Morgan fingerprint density at radius 2 is 1.80 bits per heavy atom. The second-order valence-electron chi connectivity index (χ2n) is 5.17. The van der Waals surface area contributed by atoms with E-state index in [0.29, 0.717) is 6.42 Å². The lowest BCUT2D eigenvalue weighted by Crippen LogP contribution is -2.08. The molecule has 2 aromatic carbocycles. The van der Waals surface area contributed by atoms with E-state index in [2.05, 4.69) is 0 Å². The number of ketones is 1. The van der Waals surface area contributed by atoms with E-state index >= 15 is 0 Å². The summed E-state index contributed by atoms with van der Waals surface area (Å²) in [6, 6.07) is 7.47. The summed E-state index contributed by atoms with van der Waals surface area (Å²) >= 11 is 0. The molecule has 0 fully saturated rings. The molecule has 2 N–H and O–H groups in total. The summed E-state index contributed by atoms with van der Waals surface area (Å²) in [4.78, 5) is 34.3. The van der Waals surface area contributed by atoms with Crippen LogP contribution in [0.4, 0.5) is 5.69 Å². The standard InChI is InChI=1S/C17H15NO7/c1-2-6-25-17(22)11-5-3-4-10(7-11)15(20)12-8-13(18(23)24)16(21)14(19)9-12/h3-5,7-9,19,21H,2,6H2,1H3. The zero-order chi connectivity index (χ0) is 18.6. The third kappa shape index (κ3) is 3.92. The van der Waals surface area contributed by atoms with Crippen LogP contribution in [-0.2, 0) is 4.74 Å². The molecule has 0 saturated carbocycles. The summed E-state index contributed by atoms with van der Waals surface area (Å²) in [5, 5.41) is 30.0. The van der Waals surface area contributed by atoms with Gasteiger partial charge in [0.25, 0.3) is 0 Å². The number of hydrogen-bond donors (Lipinski definition) is 2. The van der Waals surface area contributed by atoms with Gasteiger partial charge in [-0.25, -0.2) is 4.79 Å². The number of aromatic hydroxyl groups is 2. The maximum atomic E-state index is 12.5. The number of esters is 1. The Hall–Kier alpha value is -3.42. The number of phenolic OH excluding ortho intramolecular Hbond substituents is 2. The van der Waals surface area contributed by atoms with Gasteiger partial charge in [-0.15, -0.1) is 0 Å². The topological polar surface area (TPSA) is 127 Å². The molecule has 0 aliphatic rings. The number of phenols is 2. The Bertz CT molecular complexity index is 845. The number of rotatable bonds is 6. The molecule has 0 unspecified atom stereocenters. The summed E-state index contributed by atoms with van der Waals surface area (Å²) in [6.07, 6.45) is 0.654. The van der Waals surface area contributed by atoms with E-state index in [9.17, 15) is 29.9 Å². The van der Waals surface area contributed by atoms with Crippen molar-refractivity contribution >= 4 is 17.4 Å². The lowest BCUT2D eigenvalue weighted by molar-refractivity contribution is -0.386. The molecule has 0 saturated heterocycles. The van der Waals surface area contributed by atoms with Crippen molar-refractivity contribution in [1.82, 2.24) is 0 Å². The first-order valence-electron chi connectivity index (χ1n) is 7.37. The van der Waals surface area contributed by atoms with Crippen molar-refractivity contribution in [3.8, 4) is 11.5 Å². The number of carbonyl (C=O) groups is 2. The highest BCUT2D eigenvalue weighted by Gasteiger charge is 2.22. The molecular weight excluding hydrogens is 330 g/mol. The van der Waals surface area contributed by atoms with Crippen molar-refractivity contribution in [3.63, 3.8) is 0 Å². The summed E-state index contributed by atoms with van der Waals surface area (Å²) in [5.74, 6) is -2.94. The first-order chi connectivity index (χ1) is 11.8. The first-order valence-corrected chi connectivity index (χ1v) is 7.37. The molecule has 0 atom stereocenters. The summed E-state index contributed by atoms with van der Waals surface area (Å²) in [5.41, 5.74) is -0.731. The minimum absolute atomic E-state index is 0.0883. The minimum atomic E-state index is -0.918. The maximum Gasteiger partial charge on any atom is 0.338 e. The predicted molar refractivity (Wildman–Crippen MR) is 86.9 cm³/mol. The molecule has 0 aromatic heterocycles. The van der Waals surface area contributed by atoms with E-state index in [-0.39, 0.29) is 23.3 Å². The normalized spacial score (nSPS) is 10.3. The SMILES string of the molecule is CCCOC(=O)c1cccc(C(=O)c2cc(O)c(O)c([N+](=O)[O-])c2)c1. The van der Waals surface area contributed by atoms with Crippen molar-refractivity contribution < 1.29 is 29.5 Å². The molecule has 0 heterocycles. The van der Waals surface area contributed by atoms with Crippen molar-refractivity contribution in [1.29, 1.82) is 0 Å². The Balaban J connectivity index is 2.38. The minimum Gasteiger partial charge on any atom is -0.504 e. The zero-order valence-electron chi connectivity index (χ0n) is 13.3. The van der Waals surface area contributed by atoms with Crippen molar-refractivity contribution in [2.45, 2.75) is 13.3 Å². The number of nitrogens with zero attached hydrogens (tertiary/aromatic N) is 1. The molecule has 25 heavy (non-hydrogen) atoms. The molecule has 0 radical (unpaired) electrons. The number of nitro groups is 1. The average molecular weight is 345 g/mol. The van der Waals surface area contributed by atoms with Crippen LogP contribution in [0, 0.1) is 10.1 Å². The smallest absolute Gasteiger partial charge is 0.338 e. The van der Waals surface area contributed by atoms with Gasteiger partial charge in [0.05, 0.1) is 17.1 Å². The predicted octanol–water partition coefficient (Wildman–Crippen LogP) is 2.80. The molecule has 8 heteroatoms. The second kappa shape index (κ2) is 7.43. The fourth-order valence-corrected chi connectivity index (χ4v) is 2.11. The van der Waals surface area contributed by atoms with E-state index in [1.165, 1.54) is 24.3 Å². The summed E-state index contributed by atoms with van der Waals surface area (Å²) in [7, 11) is 0. The van der Waals surface area contributed by atoms with Crippen LogP contribution in [0.25, 0.3) is 0 Å². The Kier molecular flexibility index (Phi) is 5.33. The fourth-order valence-electron chi connectivity index (χ4n) is 2.11. The van der Waals surface area contributed by atoms with Crippen molar-refractivity contribution in [3.05, 3.63) is 63.2 Å². The molecule has 2 aromatic rings. The van der Waals surface area contributed by atoms with Crippen LogP contribution in [0.1, 0.15) is 39.6 Å². The van der Waals surface area contributed by atoms with E-state index in [1.807, 2.05) is 6.92 Å². The molecule has 0 spiro atoms. The number of hydrogen-bond acceptors (Lipinski definition) is 7. The Labute approximate surface area is 142 Å². The fraction of sp³-hybridized carbons (Fsp3) is 0.176. The van der Waals surface area contributed by atoms with E-state index in [0.717, 1.165) is 12.1 Å². The van der Waals surface area contributed by atoms with Gasteiger partial charge in [0.15, 0.2) is 11.5 Å². The van der Waals surface area contributed by atoms with Gasteiger partial charge in [-0.2, -0.15) is 0 Å². The number of ether oxygens (including phenoxy) is 1. The first kappa shape index (κ1) is 17.9. The lowest BCUT2D eigenvalue weighted by atomic mass is 10.0. The van der Waals surface area contributed by atoms with Crippen molar-refractivity contribution in [2.75, 3.05) is 6.61 Å². The summed E-state index contributed by atoms with van der Waals surface area (Å²) < 4.78 is 4.99. The van der Waals surface area contributed by atoms with Crippen LogP contribution < -0.4 is 0 Å². The van der Waals surface area contributed by atoms with Gasteiger partial charge >= 0.3 is 11.7 Å². The second-order valence-corrected chi connectivity index (χ2v) is 5.17. The van der Waals surface area contributed by atoms with Crippen LogP contribution >= 0.6 is 0 Å². The van der Waals surface area contributed by atoms with Gasteiger partial charge in [-0.05, 0) is 24.6 Å². The van der Waals surface area contributed by atoms with Crippen LogP contribution in [0.2, 0.25) is 0 Å². The largest absolute Gasteiger partial charge is 0.504 e. The van der Waals surface area contributed by atoms with Crippen LogP contribution in [0.15, 0.2) is 36.4 Å². The van der Waals surface area contributed by atoms with Gasteiger partial charge < -0.3 is 14.9 Å². The van der Waals surface area contributed by atoms with Crippen LogP contribution in [-0.4, -0.2) is 33.5 Å². The van der Waals surface area contributed by atoms with Gasteiger partial charge in [-0.1, -0.05) is 19.1 Å². The van der Waals surface area contributed by atoms with Crippen LogP contribution in [0.5, 0.6) is 11.5 Å². The molecule has 2 rings (SSSR count). The molecule has 8 nitrogen and oxygen atoms in total. The molecule has 130 valence electrons. The summed E-state index contributed by atoms with van der Waals surface area (Å²) in [6.45, 7) is 2.09. The maximum absolute atomic E-state index is 12.5. The van der Waals surface area contributed by atoms with E-state index in [1.54, 1.807) is 0 Å². The molecular formula is C17H15NO7. The average Bonchev–Trinajstić information content (AvgIpc) is 2.61. The third-order valence-electron chi connectivity index (χ3n) is 3.33. The van der Waals surface area contributed by atoms with E-state index < -0.39 is 33.9 Å². The van der Waals surface area contributed by atoms with Crippen LogP contribution in [0.3, 0.4) is 0 Å². The van der Waals surface area contributed by atoms with Crippen molar-refractivity contribution in [2.24, 2.45) is 0 Å². The lowest BCUT2D eigenvalue weighted by Gasteiger charge is -2.07. The number of carbonyl (C=O) groups excluding carboxylic acids is 2. The number of nitro benzene ring substituents is 1. The molecule has 0 bridgehead atoms. The quantitative estimate of drug-likeness (QED) is 0.271. The highest BCUT2D eigenvalue weighted by Crippen LogP contribution is 2.36. The van der Waals surface area contributed by atoms with Gasteiger partial charge in [0, 0.05) is 17.2 Å². The molecule has 0 aliphatic carbocycles. The third-order valence-corrected chi connectivity index (χ3v) is 3.33. The molecule has 0 amide bonds. The van der Waals surface area contributed by atoms with Gasteiger partial charge in [-0.3, -0.25) is 14.9 Å². The number of benzene rings is 2.